The molecule has 1 saturated heterocycles. The van der Waals surface area contributed by atoms with E-state index in [1.165, 1.54) is 18.4 Å². The van der Waals surface area contributed by atoms with Crippen LogP contribution in [0.4, 0.5) is 0 Å². The molecule has 2 aliphatic rings. The number of carbonyl (C=O) groups is 1. The minimum Gasteiger partial charge on any atom is -0.464 e. The largest absolute Gasteiger partial charge is 0.464 e. The molecule has 9 heteroatoms. The third-order valence-corrected chi connectivity index (χ3v) is 7.25. The Balaban J connectivity index is 1.09. The molecule has 4 heterocycles. The number of fused-ring (bicyclic) bond motifs is 1. The van der Waals surface area contributed by atoms with Crippen LogP contribution in [0.3, 0.4) is 0 Å². The van der Waals surface area contributed by atoms with E-state index in [-0.39, 0.29) is 0 Å². The number of piperazine rings is 1. The zero-order valence-corrected chi connectivity index (χ0v) is 21.8. The number of ether oxygens (including phenoxy) is 1. The van der Waals surface area contributed by atoms with Crippen molar-refractivity contribution in [2.75, 3.05) is 32.8 Å². The first-order chi connectivity index (χ1) is 18.6. The molecule has 9 nitrogen and oxygen atoms in total. The topological polar surface area (TPSA) is 100 Å². The van der Waals surface area contributed by atoms with Gasteiger partial charge in [0.05, 0.1) is 23.3 Å². The van der Waals surface area contributed by atoms with E-state index < -0.39 is 0 Å². The molecule has 0 bridgehead atoms. The van der Waals surface area contributed by atoms with Gasteiger partial charge >= 0.3 is 6.01 Å². The molecule has 1 aliphatic heterocycles. The van der Waals surface area contributed by atoms with Gasteiger partial charge in [-0.1, -0.05) is 6.07 Å². The Hall–Kier alpha value is -3.85. The Morgan fingerprint density at radius 1 is 1.03 bits per heavy atom. The van der Waals surface area contributed by atoms with Gasteiger partial charge in [-0.05, 0) is 61.6 Å². The summed E-state index contributed by atoms with van der Waals surface area (Å²) >= 11 is 0. The van der Waals surface area contributed by atoms with Crippen molar-refractivity contribution >= 4 is 16.9 Å². The van der Waals surface area contributed by atoms with Gasteiger partial charge in [0.25, 0.3) is 0 Å². The first-order valence-electron chi connectivity index (χ1n) is 13.5. The van der Waals surface area contributed by atoms with Crippen LogP contribution in [0.2, 0.25) is 0 Å². The van der Waals surface area contributed by atoms with E-state index >= 15 is 0 Å². The van der Waals surface area contributed by atoms with Crippen LogP contribution in [0.25, 0.3) is 22.3 Å². The van der Waals surface area contributed by atoms with Crippen LogP contribution in [0, 0.1) is 5.92 Å². The predicted molar refractivity (Wildman–Crippen MR) is 145 cm³/mol. The number of hydrogen-bond acceptors (Lipinski definition) is 7. The summed E-state index contributed by atoms with van der Waals surface area (Å²) in [6.45, 7) is 6.79. The maximum absolute atomic E-state index is 12.4. The quantitative estimate of drug-likeness (QED) is 0.364. The number of aromatic amines is 1. The highest BCUT2D eigenvalue weighted by Crippen LogP contribution is 2.33. The number of hydrogen-bond donors (Lipinski definition) is 1. The third-order valence-electron chi connectivity index (χ3n) is 7.25. The molecule has 6 rings (SSSR count). The van der Waals surface area contributed by atoms with E-state index in [4.69, 9.17) is 9.72 Å². The molecule has 4 aromatic rings. The van der Waals surface area contributed by atoms with Gasteiger partial charge in [0, 0.05) is 69.2 Å². The maximum atomic E-state index is 12.4. The fraction of sp³-hybridized carbons (Fsp3) is 0.414. The van der Waals surface area contributed by atoms with Crippen molar-refractivity contribution in [2.24, 2.45) is 5.92 Å². The number of nitrogens with one attached hydrogen (secondary N) is 1. The van der Waals surface area contributed by atoms with Crippen molar-refractivity contribution < 1.29 is 9.53 Å². The summed E-state index contributed by atoms with van der Waals surface area (Å²) in [7, 11) is 0. The molecule has 1 aliphatic carbocycles. The maximum Gasteiger partial charge on any atom is 0.316 e. The second kappa shape index (κ2) is 10.9. The Morgan fingerprint density at radius 2 is 1.87 bits per heavy atom. The van der Waals surface area contributed by atoms with Crippen molar-refractivity contribution in [1.82, 2.24) is 34.7 Å². The van der Waals surface area contributed by atoms with Gasteiger partial charge in [0.1, 0.15) is 5.82 Å². The minimum atomic E-state index is 0.337. The lowest BCUT2D eigenvalue weighted by atomic mass is 10.1. The van der Waals surface area contributed by atoms with Gasteiger partial charge in [0.15, 0.2) is 0 Å². The van der Waals surface area contributed by atoms with E-state index in [2.05, 4.69) is 43.0 Å². The van der Waals surface area contributed by atoms with Crippen LogP contribution in [0.1, 0.15) is 43.3 Å². The van der Waals surface area contributed by atoms with Crippen molar-refractivity contribution in [3.8, 4) is 17.3 Å². The summed E-state index contributed by atoms with van der Waals surface area (Å²) in [5.74, 6) is 1.86. The first-order valence-corrected chi connectivity index (χ1v) is 13.5. The van der Waals surface area contributed by atoms with Crippen LogP contribution < -0.4 is 4.74 Å². The van der Waals surface area contributed by atoms with Gasteiger partial charge in [-0.3, -0.25) is 14.7 Å². The number of amides is 1. The summed E-state index contributed by atoms with van der Waals surface area (Å²) in [6.07, 6.45) is 7.42. The van der Waals surface area contributed by atoms with E-state index in [1.807, 2.05) is 36.2 Å². The number of benzene rings is 1. The zero-order valence-electron chi connectivity index (χ0n) is 21.8. The molecule has 1 N–H and O–H groups in total. The number of H-pyrrole nitrogens is 1. The molecule has 0 unspecified atom stereocenters. The van der Waals surface area contributed by atoms with Crippen LogP contribution in [0.15, 0.2) is 48.8 Å². The van der Waals surface area contributed by atoms with Crippen molar-refractivity contribution in [1.29, 1.82) is 0 Å². The molecule has 196 valence electrons. The highest BCUT2D eigenvalue weighted by Gasteiger charge is 2.28. The van der Waals surface area contributed by atoms with E-state index in [9.17, 15) is 4.79 Å². The molecule has 3 aromatic heterocycles. The highest BCUT2D eigenvalue weighted by atomic mass is 16.5. The molecule has 0 atom stereocenters. The first kappa shape index (κ1) is 24.5. The Labute approximate surface area is 222 Å². The Bertz CT molecular complexity index is 1420. The number of carbonyl (C=O) groups excluding carboxylic acids is 1. The molecule has 1 aromatic carbocycles. The number of aromatic nitrogens is 5. The molecular weight excluding hydrogens is 478 g/mol. The van der Waals surface area contributed by atoms with Crippen molar-refractivity contribution in [3.63, 3.8) is 0 Å². The highest BCUT2D eigenvalue weighted by molar-refractivity contribution is 5.81. The average Bonchev–Trinajstić information content (AvgIpc) is 3.65. The molecule has 1 amide bonds. The van der Waals surface area contributed by atoms with Gasteiger partial charge in [-0.25, -0.2) is 9.97 Å². The number of pyridine rings is 1. The summed E-state index contributed by atoms with van der Waals surface area (Å²) < 4.78 is 5.44. The lowest BCUT2D eigenvalue weighted by Crippen LogP contribution is -2.48. The second-order valence-corrected chi connectivity index (χ2v) is 10.2. The normalized spacial score (nSPS) is 16.2. The Morgan fingerprint density at radius 3 is 2.68 bits per heavy atom. The van der Waals surface area contributed by atoms with E-state index in [0.717, 1.165) is 73.0 Å². The van der Waals surface area contributed by atoms with Gasteiger partial charge in [-0.2, -0.15) is 4.98 Å². The fourth-order valence-electron chi connectivity index (χ4n) is 5.01. The zero-order chi connectivity index (χ0) is 25.9. The monoisotopic (exact) mass is 511 g/mol. The van der Waals surface area contributed by atoms with Gasteiger partial charge in [0.2, 0.25) is 5.91 Å². The molecule has 1 saturated carbocycles. The number of rotatable bonds is 9. The molecular formula is C29H33N7O2. The molecule has 0 spiro atoms. The van der Waals surface area contributed by atoms with Gasteiger partial charge in [-0.15, -0.1) is 0 Å². The fourth-order valence-corrected chi connectivity index (χ4v) is 5.01. The summed E-state index contributed by atoms with van der Waals surface area (Å²) in [5.41, 5.74) is 5.87. The Kier molecular flexibility index (Phi) is 7.00. The molecule has 38 heavy (non-hydrogen) atoms. The SMILES string of the molecule is CCOc1nccc(-c2ccc3nc(Cc4cc(CN5CCN(C(=O)CC6CC6)CC5)ccn4)[nH]c3c2)n1. The van der Waals surface area contributed by atoms with Gasteiger partial charge < -0.3 is 14.6 Å². The van der Waals surface area contributed by atoms with Crippen molar-refractivity contribution in [2.45, 2.75) is 39.2 Å². The van der Waals surface area contributed by atoms with Crippen LogP contribution >= 0.6 is 0 Å². The van der Waals surface area contributed by atoms with Crippen molar-refractivity contribution in [3.05, 3.63) is 65.9 Å². The average molecular weight is 512 g/mol. The molecule has 2 fully saturated rings. The lowest BCUT2D eigenvalue weighted by molar-refractivity contribution is -0.133. The summed E-state index contributed by atoms with van der Waals surface area (Å²) in [5, 5.41) is 0. The van der Waals surface area contributed by atoms with Crippen LogP contribution in [-0.4, -0.2) is 73.4 Å². The number of nitrogens with zero attached hydrogens (tertiary/aromatic N) is 6. The second-order valence-electron chi connectivity index (χ2n) is 10.2. The number of imidazole rings is 1. The van der Waals surface area contributed by atoms with Crippen LogP contribution in [0.5, 0.6) is 6.01 Å². The lowest BCUT2D eigenvalue weighted by Gasteiger charge is -2.35. The van der Waals surface area contributed by atoms with E-state index in [0.29, 0.717) is 30.9 Å². The minimum absolute atomic E-state index is 0.337. The standard InChI is InChI=1S/C29H33N7O2/c1-2-38-29-31-10-8-24(34-29)22-5-6-25-26(17-22)33-27(32-25)18-23-15-21(7-9-30-23)19-35-11-13-36(14-12-35)28(37)16-20-3-4-20/h5-10,15,17,20H,2-4,11-14,16,18-19H2,1H3,(H,32,33). The summed E-state index contributed by atoms with van der Waals surface area (Å²) in [6, 6.07) is 12.6. The third kappa shape index (κ3) is 5.83. The molecule has 0 radical (unpaired) electrons. The smallest absolute Gasteiger partial charge is 0.316 e. The summed E-state index contributed by atoms with van der Waals surface area (Å²) in [4.78, 5) is 38.4. The van der Waals surface area contributed by atoms with E-state index in [1.54, 1.807) is 6.20 Å². The predicted octanol–water partition coefficient (Wildman–Crippen LogP) is 3.85. The van der Waals surface area contributed by atoms with Crippen LogP contribution in [-0.2, 0) is 17.8 Å².